The van der Waals surface area contributed by atoms with Crippen molar-refractivity contribution >= 4 is 86.6 Å². The van der Waals surface area contributed by atoms with Gasteiger partial charge in [-0.15, -0.1) is 11.3 Å². The highest BCUT2D eigenvalue weighted by atomic mass is 79.9. The summed E-state index contributed by atoms with van der Waals surface area (Å²) in [5, 5.41) is 8.11. The fourth-order valence-corrected chi connectivity index (χ4v) is 5.22. The fourth-order valence-electron chi connectivity index (χ4n) is 2.66. The molecular weight excluding hydrogens is 574 g/mol. The van der Waals surface area contributed by atoms with Gasteiger partial charge in [0, 0.05) is 4.88 Å². The van der Waals surface area contributed by atoms with Crippen molar-refractivity contribution < 1.29 is 4.79 Å². The molecule has 23 heavy (non-hydrogen) atoms. The van der Waals surface area contributed by atoms with E-state index >= 15 is 0 Å². The highest BCUT2D eigenvalue weighted by Crippen LogP contribution is 2.41. The third kappa shape index (κ3) is 3.59. The number of alkyl halides is 4. The van der Waals surface area contributed by atoms with Crippen LogP contribution >= 0.6 is 75.1 Å². The van der Waals surface area contributed by atoms with Crippen molar-refractivity contribution in [3.63, 3.8) is 0 Å². The number of carbonyl (C=O) groups excluding carboxylic acids is 1. The van der Waals surface area contributed by atoms with Crippen LogP contribution in [0.2, 0.25) is 0 Å². The van der Waals surface area contributed by atoms with Gasteiger partial charge in [0.1, 0.15) is 7.47 Å². The number of rotatable bonds is 4. The van der Waals surface area contributed by atoms with Gasteiger partial charge in [-0.1, -0.05) is 75.9 Å². The van der Waals surface area contributed by atoms with Crippen LogP contribution in [0.1, 0.15) is 26.4 Å². The summed E-state index contributed by atoms with van der Waals surface area (Å²) >= 11 is 14.9. The van der Waals surface area contributed by atoms with Crippen LogP contribution < -0.4 is 0 Å². The molecule has 1 aromatic heterocycles. The Morgan fingerprint density at radius 2 is 1.74 bits per heavy atom. The Morgan fingerprint density at radius 3 is 2.39 bits per heavy atom. The molecule has 1 heterocycles. The number of ketones is 1. The number of benzene rings is 1. The Bertz CT molecular complexity index is 797. The molecule has 0 amide bonds. The first-order valence-electron chi connectivity index (χ1n) is 6.84. The number of hydrogen-bond acceptors (Lipinski definition) is 3. The molecule has 0 radical (unpaired) electrons. The topological polar surface area (TPSA) is 40.9 Å². The summed E-state index contributed by atoms with van der Waals surface area (Å²) in [6, 6.07) is 8.16. The van der Waals surface area contributed by atoms with Crippen LogP contribution in [0.3, 0.4) is 0 Å². The zero-order chi connectivity index (χ0) is 16.7. The molecule has 0 spiro atoms. The Hall–Kier alpha value is 0.180. The lowest BCUT2D eigenvalue weighted by molar-refractivity contribution is 0.102. The molecule has 0 aliphatic heterocycles. The number of thiophene rings is 1. The van der Waals surface area contributed by atoms with Crippen LogP contribution in [-0.2, 0) is 12.8 Å². The van der Waals surface area contributed by atoms with Gasteiger partial charge in [0.2, 0.25) is 0 Å². The number of aryl methyl sites for hydroxylation is 2. The Kier molecular flexibility index (Phi) is 5.63. The molecule has 1 aromatic carbocycles. The molecule has 1 aliphatic carbocycles. The molecule has 0 saturated heterocycles. The van der Waals surface area contributed by atoms with Crippen LogP contribution in [0.25, 0.3) is 10.4 Å². The Morgan fingerprint density at radius 1 is 1.04 bits per heavy atom. The highest BCUT2D eigenvalue weighted by molar-refractivity contribution is 9.25. The van der Waals surface area contributed by atoms with Gasteiger partial charge in [-0.2, -0.15) is 0 Å². The smallest absolute Gasteiger partial charge is 0.197 e. The van der Waals surface area contributed by atoms with Crippen molar-refractivity contribution in [1.29, 1.82) is 5.41 Å². The van der Waals surface area contributed by atoms with Crippen LogP contribution in [0, 0.1) is 5.41 Å². The molecule has 0 unspecified atom stereocenters. The fraction of sp³-hybridized carbons (Fsp3) is 0.250. The number of hydrogen-bond donors (Lipinski definition) is 1. The van der Waals surface area contributed by atoms with Crippen LogP contribution in [0.4, 0.5) is 0 Å². The second-order valence-electron chi connectivity index (χ2n) is 5.22. The zero-order valence-electron chi connectivity index (χ0n) is 11.7. The van der Waals surface area contributed by atoms with Gasteiger partial charge in [0.05, 0.1) is 10.6 Å². The summed E-state index contributed by atoms with van der Waals surface area (Å²) in [6.45, 7) is 0. The van der Waals surface area contributed by atoms with Gasteiger partial charge >= 0.3 is 0 Å². The normalized spacial score (nSPS) is 13.1. The summed E-state index contributed by atoms with van der Waals surface area (Å²) in [5.41, 5.74) is 5.11. The minimum Gasteiger partial charge on any atom is -0.303 e. The number of carbonyl (C=O) groups is 1. The predicted octanol–water partition coefficient (Wildman–Crippen LogP) is 6.30. The lowest BCUT2D eigenvalue weighted by Gasteiger charge is -2.17. The van der Waals surface area contributed by atoms with E-state index in [0.717, 1.165) is 23.3 Å². The van der Waals surface area contributed by atoms with E-state index in [0.29, 0.717) is 5.71 Å². The van der Waals surface area contributed by atoms with Gasteiger partial charge < -0.3 is 5.41 Å². The quantitative estimate of drug-likeness (QED) is 0.256. The number of halogens is 4. The van der Waals surface area contributed by atoms with E-state index in [4.69, 9.17) is 5.41 Å². The summed E-state index contributed by atoms with van der Waals surface area (Å²) in [4.78, 5) is 14.1. The van der Waals surface area contributed by atoms with Crippen LogP contribution in [0.5, 0.6) is 0 Å². The van der Waals surface area contributed by atoms with E-state index in [1.807, 2.05) is 12.1 Å². The predicted molar refractivity (Wildman–Crippen MR) is 112 cm³/mol. The zero-order valence-corrected chi connectivity index (χ0v) is 18.9. The van der Waals surface area contributed by atoms with Gasteiger partial charge in [-0.3, -0.25) is 4.79 Å². The molecule has 7 heteroatoms. The number of fused-ring (bicyclic) bond motifs is 3. The number of Topliss-reactive ketones (excluding diaryl/α,β-unsaturated/α-hetero) is 1. The molecule has 0 bridgehead atoms. The molecule has 0 atom stereocenters. The second kappa shape index (κ2) is 7.20. The van der Waals surface area contributed by atoms with Gasteiger partial charge in [-0.25, -0.2) is 0 Å². The first kappa shape index (κ1) is 18.0. The van der Waals surface area contributed by atoms with E-state index in [2.05, 4.69) is 75.9 Å². The largest absolute Gasteiger partial charge is 0.303 e. The standard InChI is InChI=1S/C16H11Br4NOS/c17-15(18)12(21)8-3-4-10-7(5-8)1-2-9-6-11(23-14(9)10)13(22)16(19)20/h3-6,15-16,21H,1-2H2. The van der Waals surface area contributed by atoms with Gasteiger partial charge in [0.25, 0.3) is 0 Å². The Labute approximate surface area is 172 Å². The minimum absolute atomic E-state index is 0.0609. The van der Waals surface area contributed by atoms with E-state index in [-0.39, 0.29) is 13.3 Å². The maximum Gasteiger partial charge on any atom is 0.197 e. The maximum atomic E-state index is 12.2. The summed E-state index contributed by atoms with van der Waals surface area (Å²) in [7, 11) is 0. The average Bonchev–Trinajstić information content (AvgIpc) is 2.96. The molecule has 1 N–H and O–H groups in total. The minimum atomic E-state index is -0.341. The maximum absolute atomic E-state index is 12.2. The van der Waals surface area contributed by atoms with Crippen molar-refractivity contribution in [2.24, 2.45) is 0 Å². The number of nitrogens with one attached hydrogen (secondary N) is 1. The van der Waals surface area contributed by atoms with Crippen molar-refractivity contribution in [3.8, 4) is 10.4 Å². The van der Waals surface area contributed by atoms with Crippen molar-refractivity contribution in [2.75, 3.05) is 0 Å². The summed E-state index contributed by atoms with van der Waals surface area (Å²) in [6.07, 6.45) is 1.87. The van der Waals surface area contributed by atoms with Gasteiger partial charge in [0.15, 0.2) is 5.78 Å². The lowest BCUT2D eigenvalue weighted by Crippen LogP contribution is -2.09. The first-order chi connectivity index (χ1) is 10.9. The lowest BCUT2D eigenvalue weighted by atomic mass is 9.89. The molecule has 2 nitrogen and oxygen atoms in total. The highest BCUT2D eigenvalue weighted by Gasteiger charge is 2.24. The third-order valence-electron chi connectivity index (χ3n) is 3.79. The van der Waals surface area contributed by atoms with E-state index in [9.17, 15) is 4.79 Å². The van der Waals surface area contributed by atoms with Crippen molar-refractivity contribution in [2.45, 2.75) is 20.3 Å². The second-order valence-corrected chi connectivity index (χ2v) is 12.4. The van der Waals surface area contributed by atoms with E-state index < -0.39 is 0 Å². The molecule has 0 saturated carbocycles. The summed E-state index contributed by atoms with van der Waals surface area (Å²) in [5.74, 6) is 0.0609. The Balaban J connectivity index is 2.01. The van der Waals surface area contributed by atoms with Gasteiger partial charge in [-0.05, 0) is 47.2 Å². The van der Waals surface area contributed by atoms with E-state index in [1.54, 1.807) is 11.3 Å². The molecule has 2 aromatic rings. The van der Waals surface area contributed by atoms with Crippen molar-refractivity contribution in [3.05, 3.63) is 45.8 Å². The van der Waals surface area contributed by atoms with E-state index in [1.165, 1.54) is 21.6 Å². The average molecular weight is 585 g/mol. The van der Waals surface area contributed by atoms with Crippen LogP contribution in [-0.4, -0.2) is 19.0 Å². The van der Waals surface area contributed by atoms with Crippen molar-refractivity contribution in [1.82, 2.24) is 0 Å². The molecular formula is C16H11Br4NOS. The molecule has 1 aliphatic rings. The molecule has 3 rings (SSSR count). The third-order valence-corrected chi connectivity index (χ3v) is 6.77. The summed E-state index contributed by atoms with van der Waals surface area (Å²) < 4.78 is -0.486. The SMILES string of the molecule is N=C(c1ccc2c(c1)CCc1cc(C(=O)C(Br)Br)sc1-2)C(Br)Br. The monoisotopic (exact) mass is 581 g/mol. The molecule has 120 valence electrons. The first-order valence-corrected chi connectivity index (χ1v) is 11.3. The van der Waals surface area contributed by atoms with Crippen LogP contribution in [0.15, 0.2) is 24.3 Å². The molecule has 0 fully saturated rings.